The van der Waals surface area contributed by atoms with E-state index in [1.807, 2.05) is 17.9 Å². The number of likely N-dealkylation sites (tertiary alicyclic amines) is 1. The number of nitrogen functional groups attached to an aromatic ring is 1. The summed E-state index contributed by atoms with van der Waals surface area (Å²) < 4.78 is 0. The Hall–Kier alpha value is -1.42. The van der Waals surface area contributed by atoms with Gasteiger partial charge in [-0.15, -0.1) is 0 Å². The number of halogens is 1. The van der Waals surface area contributed by atoms with Gasteiger partial charge in [-0.3, -0.25) is 4.79 Å². The molecule has 1 aliphatic heterocycles. The van der Waals surface area contributed by atoms with Crippen molar-refractivity contribution in [1.29, 1.82) is 0 Å². The molecular formula is C13H18ClN3O. The molecule has 0 atom stereocenters. The molecule has 2 rings (SSSR count). The zero-order valence-electron chi connectivity index (χ0n) is 10.5. The SMILES string of the molecule is Cc1cc(N)c(Cl)cc1NCC(=O)N1CCCC1. The standard InChI is InChI=1S/C13H18ClN3O/c1-9-6-11(15)10(14)7-12(9)16-8-13(18)17-4-2-3-5-17/h6-7,16H,2-5,8,15H2,1H3. The van der Waals surface area contributed by atoms with Crippen LogP contribution in [0.15, 0.2) is 12.1 Å². The fourth-order valence-electron chi connectivity index (χ4n) is 2.14. The minimum atomic E-state index is 0.139. The molecule has 0 aliphatic carbocycles. The average molecular weight is 268 g/mol. The van der Waals surface area contributed by atoms with Crippen molar-refractivity contribution in [3.05, 3.63) is 22.7 Å². The van der Waals surface area contributed by atoms with E-state index in [1.165, 1.54) is 0 Å². The Bertz CT molecular complexity index is 456. The van der Waals surface area contributed by atoms with E-state index in [0.717, 1.165) is 37.2 Å². The van der Waals surface area contributed by atoms with E-state index in [0.29, 0.717) is 17.3 Å². The van der Waals surface area contributed by atoms with E-state index in [-0.39, 0.29) is 5.91 Å². The van der Waals surface area contributed by atoms with Crippen LogP contribution in [0.4, 0.5) is 11.4 Å². The Morgan fingerprint density at radius 3 is 2.78 bits per heavy atom. The van der Waals surface area contributed by atoms with Crippen molar-refractivity contribution < 1.29 is 4.79 Å². The second-order valence-corrected chi connectivity index (χ2v) is 5.04. The third-order valence-electron chi connectivity index (χ3n) is 3.23. The fraction of sp³-hybridized carbons (Fsp3) is 0.462. The fourth-order valence-corrected chi connectivity index (χ4v) is 2.31. The molecule has 0 saturated carbocycles. The Morgan fingerprint density at radius 1 is 1.44 bits per heavy atom. The molecule has 1 heterocycles. The molecule has 0 spiro atoms. The number of carbonyl (C=O) groups is 1. The first-order chi connectivity index (χ1) is 8.58. The van der Waals surface area contributed by atoms with Gasteiger partial charge in [0.25, 0.3) is 0 Å². The summed E-state index contributed by atoms with van der Waals surface area (Å²) in [5, 5.41) is 3.64. The molecule has 1 aromatic rings. The van der Waals surface area contributed by atoms with Gasteiger partial charge in [0.15, 0.2) is 0 Å². The molecule has 4 nitrogen and oxygen atoms in total. The van der Waals surface area contributed by atoms with Gasteiger partial charge in [0.05, 0.1) is 17.3 Å². The van der Waals surface area contributed by atoms with E-state index in [2.05, 4.69) is 5.32 Å². The van der Waals surface area contributed by atoms with Crippen LogP contribution in [-0.2, 0) is 4.79 Å². The van der Waals surface area contributed by atoms with Crippen molar-refractivity contribution in [1.82, 2.24) is 4.90 Å². The number of nitrogens with zero attached hydrogens (tertiary/aromatic N) is 1. The van der Waals surface area contributed by atoms with Crippen molar-refractivity contribution in [3.63, 3.8) is 0 Å². The van der Waals surface area contributed by atoms with Crippen LogP contribution >= 0.6 is 11.6 Å². The van der Waals surface area contributed by atoms with Crippen LogP contribution in [0.5, 0.6) is 0 Å². The summed E-state index contributed by atoms with van der Waals surface area (Å²) in [4.78, 5) is 13.8. The zero-order chi connectivity index (χ0) is 13.1. The Kier molecular flexibility index (Phi) is 3.97. The number of carbonyl (C=O) groups excluding carboxylic acids is 1. The number of rotatable bonds is 3. The van der Waals surface area contributed by atoms with E-state index < -0.39 is 0 Å². The molecular weight excluding hydrogens is 250 g/mol. The van der Waals surface area contributed by atoms with Gasteiger partial charge < -0.3 is 16.0 Å². The van der Waals surface area contributed by atoms with Crippen molar-refractivity contribution in [3.8, 4) is 0 Å². The molecule has 0 radical (unpaired) electrons. The Balaban J connectivity index is 1.97. The molecule has 0 bridgehead atoms. The largest absolute Gasteiger partial charge is 0.398 e. The topological polar surface area (TPSA) is 58.4 Å². The van der Waals surface area contributed by atoms with Crippen molar-refractivity contribution in [2.24, 2.45) is 0 Å². The summed E-state index contributed by atoms with van der Waals surface area (Å²) in [5.41, 5.74) is 8.13. The number of nitrogens with one attached hydrogen (secondary N) is 1. The van der Waals surface area contributed by atoms with Crippen LogP contribution < -0.4 is 11.1 Å². The average Bonchev–Trinajstić information content (AvgIpc) is 2.85. The molecule has 18 heavy (non-hydrogen) atoms. The quantitative estimate of drug-likeness (QED) is 0.826. The molecule has 5 heteroatoms. The predicted molar refractivity (Wildman–Crippen MR) is 74.9 cm³/mol. The maximum absolute atomic E-state index is 11.9. The molecule has 0 aromatic heterocycles. The summed E-state index contributed by atoms with van der Waals surface area (Å²) in [6.45, 7) is 4.00. The molecule has 1 aliphatic rings. The van der Waals surface area contributed by atoms with Gasteiger partial charge in [0.1, 0.15) is 0 Å². The highest BCUT2D eigenvalue weighted by Crippen LogP contribution is 2.26. The minimum Gasteiger partial charge on any atom is -0.398 e. The summed E-state index contributed by atoms with van der Waals surface area (Å²) in [6.07, 6.45) is 2.22. The smallest absolute Gasteiger partial charge is 0.241 e. The zero-order valence-corrected chi connectivity index (χ0v) is 11.3. The van der Waals surface area contributed by atoms with Gasteiger partial charge in [-0.25, -0.2) is 0 Å². The summed E-state index contributed by atoms with van der Waals surface area (Å²) in [5.74, 6) is 0.139. The number of amides is 1. The van der Waals surface area contributed by atoms with Crippen LogP contribution in [0.2, 0.25) is 5.02 Å². The predicted octanol–water partition coefficient (Wildman–Crippen LogP) is 2.26. The lowest BCUT2D eigenvalue weighted by atomic mass is 10.2. The number of nitrogens with two attached hydrogens (primary N) is 1. The van der Waals surface area contributed by atoms with Gasteiger partial charge in [-0.2, -0.15) is 0 Å². The van der Waals surface area contributed by atoms with Gasteiger partial charge >= 0.3 is 0 Å². The molecule has 0 unspecified atom stereocenters. The van der Waals surface area contributed by atoms with E-state index in [1.54, 1.807) is 6.07 Å². The number of hydrogen-bond donors (Lipinski definition) is 2. The number of hydrogen-bond acceptors (Lipinski definition) is 3. The lowest BCUT2D eigenvalue weighted by Gasteiger charge is -2.17. The molecule has 1 aromatic carbocycles. The first-order valence-corrected chi connectivity index (χ1v) is 6.53. The Labute approximate surface area is 112 Å². The van der Waals surface area contributed by atoms with Crippen molar-refractivity contribution in [2.75, 3.05) is 30.7 Å². The third kappa shape index (κ3) is 2.88. The lowest BCUT2D eigenvalue weighted by Crippen LogP contribution is -2.33. The first kappa shape index (κ1) is 13.0. The van der Waals surface area contributed by atoms with E-state index in [4.69, 9.17) is 17.3 Å². The summed E-state index contributed by atoms with van der Waals surface area (Å²) >= 11 is 5.97. The maximum Gasteiger partial charge on any atom is 0.241 e. The molecule has 3 N–H and O–H groups in total. The molecule has 1 amide bonds. The van der Waals surface area contributed by atoms with Crippen LogP contribution in [0, 0.1) is 6.92 Å². The third-order valence-corrected chi connectivity index (χ3v) is 3.56. The van der Waals surface area contributed by atoms with E-state index in [9.17, 15) is 4.79 Å². The van der Waals surface area contributed by atoms with Gasteiger partial charge in [0.2, 0.25) is 5.91 Å². The maximum atomic E-state index is 11.9. The van der Waals surface area contributed by atoms with Crippen LogP contribution in [-0.4, -0.2) is 30.4 Å². The highest BCUT2D eigenvalue weighted by molar-refractivity contribution is 6.33. The van der Waals surface area contributed by atoms with Crippen molar-refractivity contribution in [2.45, 2.75) is 19.8 Å². The molecule has 1 fully saturated rings. The lowest BCUT2D eigenvalue weighted by molar-refractivity contribution is -0.128. The summed E-state index contributed by atoms with van der Waals surface area (Å²) in [7, 11) is 0. The van der Waals surface area contributed by atoms with Crippen LogP contribution in [0.1, 0.15) is 18.4 Å². The number of benzene rings is 1. The second-order valence-electron chi connectivity index (χ2n) is 4.63. The van der Waals surface area contributed by atoms with Crippen LogP contribution in [0.3, 0.4) is 0 Å². The van der Waals surface area contributed by atoms with Gasteiger partial charge in [-0.1, -0.05) is 11.6 Å². The highest BCUT2D eigenvalue weighted by atomic mass is 35.5. The first-order valence-electron chi connectivity index (χ1n) is 6.15. The highest BCUT2D eigenvalue weighted by Gasteiger charge is 2.17. The monoisotopic (exact) mass is 267 g/mol. The van der Waals surface area contributed by atoms with E-state index >= 15 is 0 Å². The number of aryl methyl sites for hydroxylation is 1. The minimum absolute atomic E-state index is 0.139. The second kappa shape index (κ2) is 5.48. The molecule has 1 saturated heterocycles. The van der Waals surface area contributed by atoms with Crippen molar-refractivity contribution >= 4 is 28.9 Å². The summed E-state index contributed by atoms with van der Waals surface area (Å²) in [6, 6.07) is 3.58. The molecule has 98 valence electrons. The normalized spacial score (nSPS) is 14.9. The number of anilines is 2. The van der Waals surface area contributed by atoms with Gasteiger partial charge in [0, 0.05) is 18.8 Å². The van der Waals surface area contributed by atoms with Crippen LogP contribution in [0.25, 0.3) is 0 Å². The van der Waals surface area contributed by atoms with Gasteiger partial charge in [-0.05, 0) is 37.5 Å². The Morgan fingerprint density at radius 2 is 2.11 bits per heavy atom.